The van der Waals surface area contributed by atoms with E-state index >= 15 is 0 Å². The van der Waals surface area contributed by atoms with Crippen LogP contribution in [-0.4, -0.2) is 37.6 Å². The monoisotopic (exact) mass is 276 g/mol. The van der Waals surface area contributed by atoms with Gasteiger partial charge in [-0.2, -0.15) is 0 Å². The second-order valence-corrected chi connectivity index (χ2v) is 5.49. The molecule has 4 nitrogen and oxygen atoms in total. The van der Waals surface area contributed by atoms with Gasteiger partial charge in [-0.25, -0.2) is 0 Å². The Morgan fingerprint density at radius 2 is 2.05 bits per heavy atom. The summed E-state index contributed by atoms with van der Waals surface area (Å²) < 4.78 is 5.70. The van der Waals surface area contributed by atoms with E-state index in [2.05, 4.69) is 12.2 Å². The number of piperidine rings is 1. The van der Waals surface area contributed by atoms with Crippen molar-refractivity contribution >= 4 is 5.91 Å². The number of para-hydroxylation sites is 1. The Hall–Kier alpha value is -1.55. The van der Waals surface area contributed by atoms with Crippen molar-refractivity contribution in [3.63, 3.8) is 0 Å². The minimum atomic E-state index is 0.0937. The van der Waals surface area contributed by atoms with Gasteiger partial charge in [0.2, 0.25) is 0 Å². The van der Waals surface area contributed by atoms with Gasteiger partial charge in [0.15, 0.2) is 6.61 Å². The first-order valence-electron chi connectivity index (χ1n) is 7.33. The lowest BCUT2D eigenvalue weighted by Gasteiger charge is -2.30. The van der Waals surface area contributed by atoms with E-state index in [-0.39, 0.29) is 12.5 Å². The van der Waals surface area contributed by atoms with Gasteiger partial charge in [0, 0.05) is 25.2 Å². The molecule has 1 aliphatic rings. The van der Waals surface area contributed by atoms with Crippen LogP contribution in [0.1, 0.15) is 25.3 Å². The number of rotatable bonds is 5. The van der Waals surface area contributed by atoms with Crippen molar-refractivity contribution in [2.45, 2.75) is 26.3 Å². The molecule has 0 unspecified atom stereocenters. The van der Waals surface area contributed by atoms with Crippen LogP contribution in [0, 0.1) is 5.92 Å². The van der Waals surface area contributed by atoms with Crippen molar-refractivity contribution in [2.75, 3.05) is 26.7 Å². The highest BCUT2D eigenvalue weighted by Crippen LogP contribution is 2.19. The molecule has 0 radical (unpaired) electrons. The van der Waals surface area contributed by atoms with Gasteiger partial charge >= 0.3 is 0 Å². The fourth-order valence-electron chi connectivity index (χ4n) is 2.47. The summed E-state index contributed by atoms with van der Waals surface area (Å²) in [5.74, 6) is 1.62. The van der Waals surface area contributed by atoms with Crippen LogP contribution >= 0.6 is 0 Å². The minimum absolute atomic E-state index is 0.0937. The number of hydrogen-bond acceptors (Lipinski definition) is 3. The largest absolute Gasteiger partial charge is 0.483 e. The van der Waals surface area contributed by atoms with E-state index in [9.17, 15) is 4.79 Å². The van der Waals surface area contributed by atoms with Crippen LogP contribution in [0.3, 0.4) is 0 Å². The number of benzene rings is 1. The predicted molar refractivity (Wildman–Crippen MR) is 79.7 cm³/mol. The number of nitrogens with one attached hydrogen (secondary N) is 1. The number of likely N-dealkylation sites (tertiary alicyclic amines) is 1. The van der Waals surface area contributed by atoms with Gasteiger partial charge in [-0.05, 0) is 31.9 Å². The molecular formula is C16H24N2O2. The van der Waals surface area contributed by atoms with E-state index in [4.69, 9.17) is 4.74 Å². The SMILES string of the molecule is CNCc1ccccc1OCC(=O)N1CCC(C)CC1. The number of ether oxygens (including phenoxy) is 1. The maximum Gasteiger partial charge on any atom is 0.260 e. The van der Waals surface area contributed by atoms with Gasteiger partial charge < -0.3 is 15.0 Å². The molecule has 1 amide bonds. The summed E-state index contributed by atoms with van der Waals surface area (Å²) in [7, 11) is 1.90. The zero-order valence-corrected chi connectivity index (χ0v) is 12.4. The maximum atomic E-state index is 12.1. The van der Waals surface area contributed by atoms with Crippen molar-refractivity contribution in [1.29, 1.82) is 0 Å². The third-order valence-corrected chi connectivity index (χ3v) is 3.83. The number of nitrogens with zero attached hydrogens (tertiary/aromatic N) is 1. The van der Waals surface area contributed by atoms with E-state index in [0.717, 1.165) is 49.7 Å². The first-order valence-corrected chi connectivity index (χ1v) is 7.33. The Bertz CT molecular complexity index is 440. The van der Waals surface area contributed by atoms with Gasteiger partial charge in [0.05, 0.1) is 0 Å². The number of carbonyl (C=O) groups excluding carboxylic acids is 1. The average Bonchev–Trinajstić information content (AvgIpc) is 2.47. The smallest absolute Gasteiger partial charge is 0.260 e. The lowest BCUT2D eigenvalue weighted by molar-refractivity contribution is -0.134. The quantitative estimate of drug-likeness (QED) is 0.895. The summed E-state index contributed by atoms with van der Waals surface area (Å²) >= 11 is 0. The second-order valence-electron chi connectivity index (χ2n) is 5.49. The second kappa shape index (κ2) is 7.29. The van der Waals surface area contributed by atoms with Crippen molar-refractivity contribution < 1.29 is 9.53 Å². The molecule has 0 spiro atoms. The highest BCUT2D eigenvalue weighted by molar-refractivity contribution is 5.77. The summed E-state index contributed by atoms with van der Waals surface area (Å²) in [6, 6.07) is 7.84. The predicted octanol–water partition coefficient (Wildman–Crippen LogP) is 2.04. The van der Waals surface area contributed by atoms with Crippen molar-refractivity contribution in [2.24, 2.45) is 5.92 Å². The highest BCUT2D eigenvalue weighted by Gasteiger charge is 2.20. The zero-order valence-electron chi connectivity index (χ0n) is 12.4. The van der Waals surface area contributed by atoms with Crippen LogP contribution in [0.5, 0.6) is 5.75 Å². The zero-order chi connectivity index (χ0) is 14.4. The van der Waals surface area contributed by atoms with Crippen LogP contribution in [0.2, 0.25) is 0 Å². The molecule has 2 rings (SSSR count). The third kappa shape index (κ3) is 3.97. The molecule has 1 fully saturated rings. The summed E-state index contributed by atoms with van der Waals surface area (Å²) in [6.45, 7) is 4.84. The maximum absolute atomic E-state index is 12.1. The molecule has 1 aliphatic heterocycles. The summed E-state index contributed by atoms with van der Waals surface area (Å²) in [5, 5.41) is 3.10. The molecule has 1 aromatic carbocycles. The normalized spacial score (nSPS) is 16.2. The van der Waals surface area contributed by atoms with Crippen LogP contribution in [0.4, 0.5) is 0 Å². The Labute approximate surface area is 121 Å². The molecule has 1 aromatic rings. The lowest BCUT2D eigenvalue weighted by Crippen LogP contribution is -2.40. The fourth-order valence-corrected chi connectivity index (χ4v) is 2.47. The standard InChI is InChI=1S/C16H24N2O2/c1-13-7-9-18(10-8-13)16(19)12-20-15-6-4-3-5-14(15)11-17-2/h3-6,13,17H,7-12H2,1-2H3. The minimum Gasteiger partial charge on any atom is -0.483 e. The van der Waals surface area contributed by atoms with Gasteiger partial charge in [-0.3, -0.25) is 4.79 Å². The summed E-state index contributed by atoms with van der Waals surface area (Å²) in [5.41, 5.74) is 1.08. The van der Waals surface area contributed by atoms with E-state index in [1.807, 2.05) is 36.2 Å². The van der Waals surface area contributed by atoms with Crippen molar-refractivity contribution in [3.05, 3.63) is 29.8 Å². The van der Waals surface area contributed by atoms with Gasteiger partial charge in [0.1, 0.15) is 5.75 Å². The van der Waals surface area contributed by atoms with E-state index < -0.39 is 0 Å². The Morgan fingerprint density at radius 3 is 2.75 bits per heavy atom. The van der Waals surface area contributed by atoms with Gasteiger partial charge in [-0.15, -0.1) is 0 Å². The molecule has 1 saturated heterocycles. The Balaban J connectivity index is 1.87. The van der Waals surface area contributed by atoms with Crippen molar-refractivity contribution in [1.82, 2.24) is 10.2 Å². The van der Waals surface area contributed by atoms with Gasteiger partial charge in [-0.1, -0.05) is 25.1 Å². The number of hydrogen-bond donors (Lipinski definition) is 1. The van der Waals surface area contributed by atoms with E-state index in [0.29, 0.717) is 0 Å². The lowest BCUT2D eigenvalue weighted by atomic mass is 9.99. The molecule has 0 saturated carbocycles. The van der Waals surface area contributed by atoms with Crippen LogP contribution in [0.25, 0.3) is 0 Å². The molecule has 1 N–H and O–H groups in total. The first-order chi connectivity index (χ1) is 9.70. The van der Waals surface area contributed by atoms with Crippen LogP contribution < -0.4 is 10.1 Å². The van der Waals surface area contributed by atoms with Crippen LogP contribution in [-0.2, 0) is 11.3 Å². The summed E-state index contributed by atoms with van der Waals surface area (Å²) in [6.07, 6.45) is 2.20. The molecule has 0 bridgehead atoms. The Morgan fingerprint density at radius 1 is 1.35 bits per heavy atom. The topological polar surface area (TPSA) is 41.6 Å². The molecule has 0 atom stereocenters. The van der Waals surface area contributed by atoms with E-state index in [1.165, 1.54) is 0 Å². The van der Waals surface area contributed by atoms with Crippen LogP contribution in [0.15, 0.2) is 24.3 Å². The van der Waals surface area contributed by atoms with Crippen molar-refractivity contribution in [3.8, 4) is 5.75 Å². The average molecular weight is 276 g/mol. The van der Waals surface area contributed by atoms with E-state index in [1.54, 1.807) is 0 Å². The molecule has 1 heterocycles. The Kier molecular flexibility index (Phi) is 5.41. The fraction of sp³-hybridized carbons (Fsp3) is 0.562. The molecule has 4 heteroatoms. The highest BCUT2D eigenvalue weighted by atomic mass is 16.5. The molecule has 0 aliphatic carbocycles. The number of carbonyl (C=O) groups is 1. The third-order valence-electron chi connectivity index (χ3n) is 3.83. The molecule has 110 valence electrons. The first kappa shape index (κ1) is 14.9. The van der Waals surface area contributed by atoms with Gasteiger partial charge in [0.25, 0.3) is 5.91 Å². The molecule has 0 aromatic heterocycles. The number of amides is 1. The summed E-state index contributed by atoms with van der Waals surface area (Å²) in [4.78, 5) is 14.0. The molecule has 20 heavy (non-hydrogen) atoms. The molecular weight excluding hydrogens is 252 g/mol.